The molecule has 1 aromatic carbocycles. The molecule has 1 N–H and O–H groups in total. The molecule has 1 fully saturated rings. The van der Waals surface area contributed by atoms with E-state index in [9.17, 15) is 4.79 Å². The molecule has 2 aromatic rings. The lowest BCUT2D eigenvalue weighted by molar-refractivity contribution is -0.119. The second kappa shape index (κ2) is 8.45. The molecule has 0 unspecified atom stereocenters. The molecule has 0 spiro atoms. The number of aromatic nitrogens is 1. The number of amides is 1. The van der Waals surface area contributed by atoms with Crippen molar-refractivity contribution >= 4 is 28.6 Å². The van der Waals surface area contributed by atoms with Gasteiger partial charge in [0.05, 0.1) is 5.69 Å². The van der Waals surface area contributed by atoms with Gasteiger partial charge in [-0.1, -0.05) is 25.5 Å². The Hall–Kier alpha value is -1.92. The van der Waals surface area contributed by atoms with Crippen LogP contribution in [0.15, 0.2) is 23.6 Å². The van der Waals surface area contributed by atoms with Crippen LogP contribution in [-0.2, 0) is 17.8 Å². The standard InChI is InChI=1S/C19H26N4OS/c1-3-5-17-13-25-19(20-17)21-18-7-4-6-16(15(18)2)12-22-8-10-23(14-24)11-9-22/h4,6-7,13-14H,3,5,8-12H2,1-2H3,(H,20,21). The zero-order valence-electron chi connectivity index (χ0n) is 15.0. The van der Waals surface area contributed by atoms with Crippen molar-refractivity contribution in [2.45, 2.75) is 33.2 Å². The van der Waals surface area contributed by atoms with Crippen molar-refractivity contribution in [3.05, 3.63) is 40.4 Å². The normalized spacial score (nSPS) is 15.4. The fourth-order valence-corrected chi connectivity index (χ4v) is 3.87. The maximum absolute atomic E-state index is 10.8. The Morgan fingerprint density at radius 1 is 1.28 bits per heavy atom. The lowest BCUT2D eigenvalue weighted by atomic mass is 10.1. The molecular weight excluding hydrogens is 332 g/mol. The SMILES string of the molecule is CCCc1csc(Nc2cccc(CN3CCN(C=O)CC3)c2C)n1. The molecule has 1 aliphatic rings. The summed E-state index contributed by atoms with van der Waals surface area (Å²) in [7, 11) is 0. The van der Waals surface area contributed by atoms with Gasteiger partial charge in [0, 0.05) is 43.8 Å². The van der Waals surface area contributed by atoms with Crippen molar-refractivity contribution in [1.82, 2.24) is 14.8 Å². The van der Waals surface area contributed by atoms with Crippen molar-refractivity contribution in [2.75, 3.05) is 31.5 Å². The van der Waals surface area contributed by atoms with Gasteiger partial charge in [-0.25, -0.2) is 4.98 Å². The maximum atomic E-state index is 10.8. The second-order valence-electron chi connectivity index (χ2n) is 6.53. The summed E-state index contributed by atoms with van der Waals surface area (Å²) >= 11 is 1.67. The number of benzene rings is 1. The van der Waals surface area contributed by atoms with Crippen molar-refractivity contribution < 1.29 is 4.79 Å². The van der Waals surface area contributed by atoms with Crippen LogP contribution in [0.1, 0.15) is 30.2 Å². The highest BCUT2D eigenvalue weighted by molar-refractivity contribution is 7.13. The summed E-state index contributed by atoms with van der Waals surface area (Å²) in [6.45, 7) is 8.77. The van der Waals surface area contributed by atoms with Gasteiger partial charge >= 0.3 is 0 Å². The fraction of sp³-hybridized carbons (Fsp3) is 0.474. The van der Waals surface area contributed by atoms with Crippen molar-refractivity contribution in [2.24, 2.45) is 0 Å². The number of carbonyl (C=O) groups excluding carboxylic acids is 1. The van der Waals surface area contributed by atoms with Gasteiger partial charge in [0.25, 0.3) is 0 Å². The molecule has 0 bridgehead atoms. The Kier molecular flexibility index (Phi) is 6.04. The molecule has 6 heteroatoms. The quantitative estimate of drug-likeness (QED) is 0.771. The summed E-state index contributed by atoms with van der Waals surface area (Å²) in [6, 6.07) is 6.41. The molecule has 0 atom stereocenters. The minimum atomic E-state index is 0.819. The zero-order valence-corrected chi connectivity index (χ0v) is 15.8. The molecule has 0 saturated carbocycles. The molecule has 0 aliphatic carbocycles. The average Bonchev–Trinajstić information content (AvgIpc) is 3.06. The molecule has 1 aromatic heterocycles. The number of nitrogens with one attached hydrogen (secondary N) is 1. The molecule has 0 radical (unpaired) electrons. The molecular formula is C19H26N4OS. The van der Waals surface area contributed by atoms with E-state index in [4.69, 9.17) is 0 Å². The van der Waals surface area contributed by atoms with Gasteiger partial charge in [-0.2, -0.15) is 0 Å². The highest BCUT2D eigenvalue weighted by Gasteiger charge is 2.16. The van der Waals surface area contributed by atoms with Crippen molar-refractivity contribution in [3.8, 4) is 0 Å². The predicted molar refractivity (Wildman–Crippen MR) is 103 cm³/mol. The summed E-state index contributed by atoms with van der Waals surface area (Å²) < 4.78 is 0. The Bertz CT molecular complexity index is 707. The monoisotopic (exact) mass is 358 g/mol. The van der Waals surface area contributed by atoms with Crippen LogP contribution in [0.5, 0.6) is 0 Å². The number of rotatable bonds is 7. The first-order valence-electron chi connectivity index (χ1n) is 8.91. The third-order valence-electron chi connectivity index (χ3n) is 4.70. The lowest BCUT2D eigenvalue weighted by Gasteiger charge is -2.32. The molecule has 134 valence electrons. The van der Waals surface area contributed by atoms with Crippen LogP contribution in [0.4, 0.5) is 10.8 Å². The maximum Gasteiger partial charge on any atom is 0.209 e. The first-order chi connectivity index (χ1) is 12.2. The molecule has 25 heavy (non-hydrogen) atoms. The number of nitrogens with zero attached hydrogens (tertiary/aromatic N) is 3. The van der Waals surface area contributed by atoms with Gasteiger partial charge in [-0.05, 0) is 30.5 Å². The number of anilines is 2. The van der Waals surface area contributed by atoms with E-state index in [0.717, 1.165) is 68.5 Å². The minimum absolute atomic E-state index is 0.819. The molecule has 3 rings (SSSR count). The van der Waals surface area contributed by atoms with Crippen LogP contribution >= 0.6 is 11.3 Å². The van der Waals surface area contributed by atoms with E-state index >= 15 is 0 Å². The van der Waals surface area contributed by atoms with E-state index in [2.05, 4.69) is 52.6 Å². The number of piperazine rings is 1. The summed E-state index contributed by atoms with van der Waals surface area (Å²) in [4.78, 5) is 19.7. The topological polar surface area (TPSA) is 48.5 Å². The van der Waals surface area contributed by atoms with Gasteiger partial charge in [-0.3, -0.25) is 9.69 Å². The van der Waals surface area contributed by atoms with Crippen molar-refractivity contribution in [1.29, 1.82) is 0 Å². The molecule has 1 aliphatic heterocycles. The minimum Gasteiger partial charge on any atom is -0.343 e. The van der Waals surface area contributed by atoms with E-state index in [1.807, 2.05) is 4.90 Å². The first kappa shape index (κ1) is 17.9. The van der Waals surface area contributed by atoms with Crippen LogP contribution in [0.25, 0.3) is 0 Å². The number of aryl methyl sites for hydroxylation is 1. The first-order valence-corrected chi connectivity index (χ1v) is 9.79. The summed E-state index contributed by atoms with van der Waals surface area (Å²) in [5, 5.41) is 6.58. The number of thiazole rings is 1. The van der Waals surface area contributed by atoms with E-state index < -0.39 is 0 Å². The lowest BCUT2D eigenvalue weighted by Crippen LogP contribution is -2.45. The van der Waals surface area contributed by atoms with E-state index in [1.165, 1.54) is 11.1 Å². The Morgan fingerprint density at radius 2 is 2.08 bits per heavy atom. The average molecular weight is 359 g/mol. The van der Waals surface area contributed by atoms with Gasteiger partial charge in [0.1, 0.15) is 0 Å². The Labute approximate surface area is 153 Å². The van der Waals surface area contributed by atoms with Gasteiger partial charge in [-0.15, -0.1) is 11.3 Å². The largest absolute Gasteiger partial charge is 0.343 e. The molecule has 2 heterocycles. The number of carbonyl (C=O) groups is 1. The third-order valence-corrected chi connectivity index (χ3v) is 5.50. The van der Waals surface area contributed by atoms with E-state index in [1.54, 1.807) is 11.3 Å². The highest BCUT2D eigenvalue weighted by Crippen LogP contribution is 2.26. The molecule has 1 saturated heterocycles. The second-order valence-corrected chi connectivity index (χ2v) is 7.38. The Morgan fingerprint density at radius 3 is 2.80 bits per heavy atom. The van der Waals surface area contributed by atoms with Crippen LogP contribution in [-0.4, -0.2) is 47.4 Å². The van der Waals surface area contributed by atoms with Gasteiger partial charge in [0.2, 0.25) is 6.41 Å². The number of hydrogen-bond donors (Lipinski definition) is 1. The van der Waals surface area contributed by atoms with Gasteiger partial charge in [0.15, 0.2) is 5.13 Å². The summed E-state index contributed by atoms with van der Waals surface area (Å²) in [5.74, 6) is 0. The highest BCUT2D eigenvalue weighted by atomic mass is 32.1. The summed E-state index contributed by atoms with van der Waals surface area (Å²) in [5.41, 5.74) is 4.89. The zero-order chi connectivity index (χ0) is 17.6. The smallest absolute Gasteiger partial charge is 0.209 e. The number of hydrogen-bond acceptors (Lipinski definition) is 5. The predicted octanol–water partition coefficient (Wildman–Crippen LogP) is 3.42. The Balaban J connectivity index is 1.66. The van der Waals surface area contributed by atoms with Crippen LogP contribution in [0.2, 0.25) is 0 Å². The van der Waals surface area contributed by atoms with Crippen LogP contribution in [0.3, 0.4) is 0 Å². The van der Waals surface area contributed by atoms with Crippen molar-refractivity contribution in [3.63, 3.8) is 0 Å². The van der Waals surface area contributed by atoms with E-state index in [0.29, 0.717) is 0 Å². The van der Waals surface area contributed by atoms with Gasteiger partial charge < -0.3 is 10.2 Å². The molecule has 5 nitrogen and oxygen atoms in total. The molecule has 1 amide bonds. The van der Waals surface area contributed by atoms with Crippen LogP contribution < -0.4 is 5.32 Å². The fourth-order valence-electron chi connectivity index (χ4n) is 3.11. The summed E-state index contributed by atoms with van der Waals surface area (Å²) in [6.07, 6.45) is 3.10. The van der Waals surface area contributed by atoms with Crippen LogP contribution in [0, 0.1) is 6.92 Å². The van der Waals surface area contributed by atoms with E-state index in [-0.39, 0.29) is 0 Å². The third kappa shape index (κ3) is 4.58.